The lowest BCUT2D eigenvalue weighted by molar-refractivity contribution is 0.414. The Bertz CT molecular complexity index is 1170. The Kier molecular flexibility index (Phi) is 6.52. The lowest BCUT2D eigenvalue weighted by atomic mass is 10.2. The fourth-order valence-corrected chi connectivity index (χ4v) is 3.14. The number of para-hydroxylation sites is 2. The van der Waals surface area contributed by atoms with Gasteiger partial charge in [0, 0.05) is 21.9 Å². The maximum Gasteiger partial charge on any atom is 0.176 e. The molecule has 0 saturated heterocycles. The van der Waals surface area contributed by atoms with Crippen LogP contribution in [0.5, 0.6) is 11.5 Å². The van der Waals surface area contributed by atoms with E-state index in [9.17, 15) is 0 Å². The van der Waals surface area contributed by atoms with Crippen molar-refractivity contribution in [3.8, 4) is 11.5 Å². The highest BCUT2D eigenvalue weighted by Gasteiger charge is 2.08. The largest absolute Gasteiger partial charge is 0.496 e. The van der Waals surface area contributed by atoms with Gasteiger partial charge < -0.3 is 9.47 Å². The minimum atomic E-state index is 0.533. The minimum absolute atomic E-state index is 0.533. The van der Waals surface area contributed by atoms with Gasteiger partial charge in [0.2, 0.25) is 0 Å². The zero-order valence-electron chi connectivity index (χ0n) is 17.7. The van der Waals surface area contributed by atoms with Crippen LogP contribution in [0, 0.1) is 0 Å². The Balaban J connectivity index is 1.55. The van der Waals surface area contributed by atoms with E-state index in [1.165, 1.54) is 0 Å². The summed E-state index contributed by atoms with van der Waals surface area (Å²) in [6.07, 6.45) is 3.36. The van der Waals surface area contributed by atoms with Crippen LogP contribution >= 0.6 is 0 Å². The predicted molar refractivity (Wildman–Crippen MR) is 128 cm³/mol. The average Bonchev–Trinajstić information content (AvgIpc) is 2.85. The van der Waals surface area contributed by atoms with E-state index >= 15 is 0 Å². The predicted octanol–water partition coefficient (Wildman–Crippen LogP) is 4.54. The van der Waals surface area contributed by atoms with Crippen molar-refractivity contribution in [2.75, 3.05) is 25.1 Å². The molecule has 0 bridgehead atoms. The molecule has 0 atom stereocenters. The fourth-order valence-electron chi connectivity index (χ4n) is 3.14. The monoisotopic (exact) mass is 426 g/mol. The van der Waals surface area contributed by atoms with Gasteiger partial charge in [-0.15, -0.1) is 10.2 Å². The van der Waals surface area contributed by atoms with Crippen LogP contribution in [0.4, 0.5) is 11.6 Å². The summed E-state index contributed by atoms with van der Waals surface area (Å²) in [6.45, 7) is 0. The molecule has 8 nitrogen and oxygen atoms in total. The molecule has 0 saturated carbocycles. The molecule has 0 fully saturated rings. The Morgan fingerprint density at radius 1 is 0.625 bits per heavy atom. The van der Waals surface area contributed by atoms with E-state index in [1.54, 1.807) is 26.6 Å². The van der Waals surface area contributed by atoms with Crippen LogP contribution in [0.2, 0.25) is 0 Å². The van der Waals surface area contributed by atoms with E-state index in [0.29, 0.717) is 11.6 Å². The first kappa shape index (κ1) is 20.8. The van der Waals surface area contributed by atoms with Crippen molar-refractivity contribution < 1.29 is 9.47 Å². The molecule has 1 heterocycles. The van der Waals surface area contributed by atoms with Gasteiger partial charge in [-0.2, -0.15) is 10.2 Å². The van der Waals surface area contributed by atoms with Gasteiger partial charge in [0.15, 0.2) is 11.6 Å². The van der Waals surface area contributed by atoms with E-state index < -0.39 is 0 Å². The average molecular weight is 426 g/mol. The highest BCUT2D eigenvalue weighted by molar-refractivity contribution is 5.98. The van der Waals surface area contributed by atoms with Crippen LogP contribution in [0.15, 0.2) is 83.0 Å². The topological polar surface area (TPSA) is 93.0 Å². The minimum Gasteiger partial charge on any atom is -0.496 e. The van der Waals surface area contributed by atoms with Crippen molar-refractivity contribution in [3.63, 3.8) is 0 Å². The Morgan fingerprint density at radius 2 is 1.03 bits per heavy atom. The molecule has 1 aromatic heterocycles. The van der Waals surface area contributed by atoms with Crippen LogP contribution < -0.4 is 20.3 Å². The molecule has 32 heavy (non-hydrogen) atoms. The summed E-state index contributed by atoms with van der Waals surface area (Å²) in [5, 5.41) is 18.9. The Hall–Kier alpha value is -4.46. The van der Waals surface area contributed by atoms with Crippen molar-refractivity contribution >= 4 is 34.8 Å². The van der Waals surface area contributed by atoms with Crippen LogP contribution in [-0.2, 0) is 0 Å². The second-order valence-electron chi connectivity index (χ2n) is 6.67. The van der Waals surface area contributed by atoms with Crippen LogP contribution in [0.25, 0.3) is 10.8 Å². The number of benzene rings is 3. The number of nitrogens with one attached hydrogen (secondary N) is 2. The number of hydrogen-bond donors (Lipinski definition) is 2. The molecule has 0 aliphatic heterocycles. The van der Waals surface area contributed by atoms with E-state index in [4.69, 9.17) is 9.47 Å². The number of methoxy groups -OCH3 is 2. The molecular formula is C24H22N6O2. The summed E-state index contributed by atoms with van der Waals surface area (Å²) < 4.78 is 10.7. The number of rotatable bonds is 8. The highest BCUT2D eigenvalue weighted by atomic mass is 16.5. The molecular weight excluding hydrogens is 404 g/mol. The van der Waals surface area contributed by atoms with Gasteiger partial charge in [-0.1, -0.05) is 48.5 Å². The smallest absolute Gasteiger partial charge is 0.176 e. The quantitative estimate of drug-likeness (QED) is 0.317. The number of hydrogen-bond acceptors (Lipinski definition) is 8. The number of aromatic nitrogens is 2. The normalized spacial score (nSPS) is 11.2. The summed E-state index contributed by atoms with van der Waals surface area (Å²) in [5.41, 5.74) is 7.64. The molecule has 0 aliphatic rings. The second-order valence-corrected chi connectivity index (χ2v) is 6.67. The van der Waals surface area contributed by atoms with Gasteiger partial charge >= 0.3 is 0 Å². The van der Waals surface area contributed by atoms with E-state index in [1.807, 2.05) is 72.8 Å². The zero-order valence-corrected chi connectivity index (χ0v) is 17.7. The summed E-state index contributed by atoms with van der Waals surface area (Å²) in [5.74, 6) is 2.54. The maximum absolute atomic E-state index is 5.34. The summed E-state index contributed by atoms with van der Waals surface area (Å²) >= 11 is 0. The van der Waals surface area contributed by atoms with Crippen molar-refractivity contribution in [2.45, 2.75) is 0 Å². The third kappa shape index (κ3) is 4.65. The second kappa shape index (κ2) is 10.0. The zero-order chi connectivity index (χ0) is 22.2. The van der Waals surface area contributed by atoms with Gasteiger partial charge in [-0.05, 0) is 24.3 Å². The lowest BCUT2D eigenvalue weighted by Gasteiger charge is -2.08. The lowest BCUT2D eigenvalue weighted by Crippen LogP contribution is -2.02. The number of anilines is 2. The first-order valence-electron chi connectivity index (χ1n) is 9.89. The maximum atomic E-state index is 5.34. The highest BCUT2D eigenvalue weighted by Crippen LogP contribution is 2.26. The standard InChI is InChI=1S/C24H22N6O2/c1-31-21-13-7-3-9-17(21)15-25-27-23-19-11-5-6-12-20(19)24(30-29-23)28-26-16-18-10-4-8-14-22(18)32-2/h3-16H,1-2H3,(H,27,29)(H,28,30). The first-order valence-corrected chi connectivity index (χ1v) is 9.89. The molecule has 4 aromatic rings. The van der Waals surface area contributed by atoms with E-state index in [-0.39, 0.29) is 0 Å². The number of hydrazone groups is 2. The van der Waals surface area contributed by atoms with Crippen molar-refractivity contribution in [1.29, 1.82) is 0 Å². The molecule has 4 rings (SSSR count). The van der Waals surface area contributed by atoms with E-state index in [0.717, 1.165) is 33.4 Å². The van der Waals surface area contributed by atoms with Crippen LogP contribution in [0.1, 0.15) is 11.1 Å². The molecule has 0 unspecified atom stereocenters. The molecule has 0 radical (unpaired) electrons. The van der Waals surface area contributed by atoms with Crippen LogP contribution in [-0.4, -0.2) is 36.8 Å². The van der Waals surface area contributed by atoms with Crippen molar-refractivity contribution in [3.05, 3.63) is 83.9 Å². The van der Waals surface area contributed by atoms with Gasteiger partial charge in [0.1, 0.15) is 11.5 Å². The molecule has 8 heteroatoms. The first-order chi connectivity index (χ1) is 15.8. The fraction of sp³-hybridized carbons (Fsp3) is 0.0833. The molecule has 3 aromatic carbocycles. The Labute approximate surface area is 185 Å². The Morgan fingerprint density at radius 3 is 1.47 bits per heavy atom. The van der Waals surface area contributed by atoms with Gasteiger partial charge in [-0.3, -0.25) is 10.9 Å². The van der Waals surface area contributed by atoms with Crippen molar-refractivity contribution in [2.24, 2.45) is 10.2 Å². The summed E-state index contributed by atoms with van der Waals surface area (Å²) in [7, 11) is 3.25. The van der Waals surface area contributed by atoms with Gasteiger partial charge in [0.05, 0.1) is 26.6 Å². The molecule has 0 spiro atoms. The number of fused-ring (bicyclic) bond motifs is 1. The summed E-state index contributed by atoms with van der Waals surface area (Å²) in [6, 6.07) is 23.0. The molecule has 2 N–H and O–H groups in total. The third-order valence-corrected chi connectivity index (χ3v) is 4.71. The SMILES string of the molecule is COc1ccccc1C=NNc1nnc(NN=Cc2ccccc2OC)c2ccccc12. The van der Waals surface area contributed by atoms with Gasteiger partial charge in [-0.25, -0.2) is 0 Å². The molecule has 160 valence electrons. The molecule has 0 aliphatic carbocycles. The number of ether oxygens (including phenoxy) is 2. The van der Waals surface area contributed by atoms with E-state index in [2.05, 4.69) is 31.3 Å². The van der Waals surface area contributed by atoms with Crippen LogP contribution in [0.3, 0.4) is 0 Å². The number of nitrogens with zero attached hydrogens (tertiary/aromatic N) is 4. The van der Waals surface area contributed by atoms with Crippen molar-refractivity contribution in [1.82, 2.24) is 10.2 Å². The van der Waals surface area contributed by atoms with Gasteiger partial charge in [0.25, 0.3) is 0 Å². The third-order valence-electron chi connectivity index (χ3n) is 4.71. The molecule has 0 amide bonds. The summed E-state index contributed by atoms with van der Waals surface area (Å²) in [4.78, 5) is 0.